The summed E-state index contributed by atoms with van der Waals surface area (Å²) < 4.78 is 0. The zero-order valence-corrected chi connectivity index (χ0v) is 10.1. The Hall–Kier alpha value is -0.560. The van der Waals surface area contributed by atoms with Crippen LogP contribution in [0.25, 0.3) is 0 Å². The van der Waals surface area contributed by atoms with Crippen LogP contribution in [-0.2, 0) is 0 Å². The first-order chi connectivity index (χ1) is 7.01. The fourth-order valence-electron chi connectivity index (χ4n) is 2.90. The summed E-state index contributed by atoms with van der Waals surface area (Å²) in [6.07, 6.45) is 8.69. The normalized spacial score (nSPS) is 34.9. The molecule has 1 N–H and O–H groups in total. The molecule has 0 saturated carbocycles. The highest BCUT2D eigenvalue weighted by molar-refractivity contribution is 5.27. The van der Waals surface area contributed by atoms with Crippen LogP contribution in [0.5, 0.6) is 0 Å². The molecule has 0 aromatic heterocycles. The Kier molecular flexibility index (Phi) is 2.76. The quantitative estimate of drug-likeness (QED) is 0.651. The molecule has 0 radical (unpaired) electrons. The average Bonchev–Trinajstić information content (AvgIpc) is 2.44. The molecule has 2 aliphatic carbocycles. The molecule has 1 heteroatoms. The molecule has 1 nitrogen and oxygen atoms in total. The van der Waals surface area contributed by atoms with E-state index in [9.17, 15) is 5.11 Å². The van der Waals surface area contributed by atoms with Gasteiger partial charge in [-0.25, -0.2) is 0 Å². The van der Waals surface area contributed by atoms with Gasteiger partial charge in [0.25, 0.3) is 0 Å². The molecule has 0 saturated heterocycles. The van der Waals surface area contributed by atoms with E-state index in [-0.39, 0.29) is 6.10 Å². The van der Waals surface area contributed by atoms with Crippen molar-refractivity contribution in [3.63, 3.8) is 0 Å². The van der Waals surface area contributed by atoms with Gasteiger partial charge < -0.3 is 5.11 Å². The zero-order valence-electron chi connectivity index (χ0n) is 10.1. The van der Waals surface area contributed by atoms with E-state index < -0.39 is 0 Å². The lowest BCUT2D eigenvalue weighted by atomic mass is 9.71. The van der Waals surface area contributed by atoms with Crippen molar-refractivity contribution < 1.29 is 5.11 Å². The molecule has 0 aliphatic heterocycles. The summed E-state index contributed by atoms with van der Waals surface area (Å²) in [4.78, 5) is 0. The highest BCUT2D eigenvalue weighted by atomic mass is 16.3. The lowest BCUT2D eigenvalue weighted by Gasteiger charge is -2.33. The van der Waals surface area contributed by atoms with E-state index in [0.717, 1.165) is 19.3 Å². The van der Waals surface area contributed by atoms with E-state index in [4.69, 9.17) is 0 Å². The van der Waals surface area contributed by atoms with E-state index in [1.807, 2.05) is 0 Å². The second-order valence-corrected chi connectivity index (χ2v) is 5.60. The maximum atomic E-state index is 9.49. The van der Waals surface area contributed by atoms with Crippen molar-refractivity contribution in [1.82, 2.24) is 0 Å². The summed E-state index contributed by atoms with van der Waals surface area (Å²) >= 11 is 0. The zero-order chi connectivity index (χ0) is 11.1. The van der Waals surface area contributed by atoms with Crippen LogP contribution in [-0.4, -0.2) is 11.2 Å². The van der Waals surface area contributed by atoms with Crippen molar-refractivity contribution in [2.45, 2.75) is 52.6 Å². The van der Waals surface area contributed by atoms with Gasteiger partial charge in [-0.3, -0.25) is 0 Å². The molecule has 2 unspecified atom stereocenters. The summed E-state index contributed by atoms with van der Waals surface area (Å²) in [6.45, 7) is 6.95. The summed E-state index contributed by atoms with van der Waals surface area (Å²) in [5.41, 5.74) is 3.44. The fraction of sp³-hybridized carbons (Fsp3) is 0.714. The predicted molar refractivity (Wildman–Crippen MR) is 63.6 cm³/mol. The van der Waals surface area contributed by atoms with E-state index in [1.165, 1.54) is 12.0 Å². The Morgan fingerprint density at radius 3 is 2.47 bits per heavy atom. The SMILES string of the molecule is CC1=CCC(C2=CCC(O)CC2)C1(C)C. The molecule has 0 fully saturated rings. The molecule has 0 amide bonds. The lowest BCUT2D eigenvalue weighted by molar-refractivity contribution is 0.157. The molecule has 15 heavy (non-hydrogen) atoms. The third-order valence-electron chi connectivity index (χ3n) is 4.41. The highest BCUT2D eigenvalue weighted by Crippen LogP contribution is 2.48. The Balaban J connectivity index is 2.14. The molecule has 0 aromatic carbocycles. The third kappa shape index (κ3) is 1.90. The van der Waals surface area contributed by atoms with Gasteiger partial charge in [0.15, 0.2) is 0 Å². The molecular formula is C14H22O. The van der Waals surface area contributed by atoms with Crippen molar-refractivity contribution in [2.24, 2.45) is 11.3 Å². The van der Waals surface area contributed by atoms with E-state index >= 15 is 0 Å². The number of rotatable bonds is 1. The molecule has 0 aromatic rings. The molecular weight excluding hydrogens is 184 g/mol. The number of aliphatic hydroxyl groups excluding tert-OH is 1. The van der Waals surface area contributed by atoms with Crippen LogP contribution in [0.2, 0.25) is 0 Å². The summed E-state index contributed by atoms with van der Waals surface area (Å²) in [7, 11) is 0. The minimum absolute atomic E-state index is 0.0904. The summed E-state index contributed by atoms with van der Waals surface area (Å²) in [6, 6.07) is 0. The first-order valence-electron chi connectivity index (χ1n) is 6.06. The first kappa shape index (κ1) is 10.9. The predicted octanol–water partition coefficient (Wildman–Crippen LogP) is 3.45. The van der Waals surface area contributed by atoms with Gasteiger partial charge >= 0.3 is 0 Å². The number of aliphatic hydroxyl groups is 1. The molecule has 2 aliphatic rings. The van der Waals surface area contributed by atoms with Crippen LogP contribution in [0.4, 0.5) is 0 Å². The van der Waals surface area contributed by atoms with Gasteiger partial charge in [-0.05, 0) is 43.9 Å². The van der Waals surface area contributed by atoms with E-state index in [1.54, 1.807) is 5.57 Å². The van der Waals surface area contributed by atoms with Gasteiger partial charge in [-0.15, -0.1) is 0 Å². The second-order valence-electron chi connectivity index (χ2n) is 5.60. The van der Waals surface area contributed by atoms with Crippen molar-refractivity contribution in [3.05, 3.63) is 23.3 Å². The maximum Gasteiger partial charge on any atom is 0.0577 e. The lowest BCUT2D eigenvalue weighted by Crippen LogP contribution is -2.24. The molecule has 0 spiro atoms. The molecule has 2 rings (SSSR count). The van der Waals surface area contributed by atoms with Crippen LogP contribution in [0, 0.1) is 11.3 Å². The minimum Gasteiger partial charge on any atom is -0.393 e. The van der Waals surface area contributed by atoms with E-state index in [2.05, 4.69) is 32.9 Å². The van der Waals surface area contributed by atoms with E-state index in [0.29, 0.717) is 11.3 Å². The van der Waals surface area contributed by atoms with Crippen molar-refractivity contribution in [2.75, 3.05) is 0 Å². The molecule has 84 valence electrons. The minimum atomic E-state index is -0.0904. The number of hydrogen-bond donors (Lipinski definition) is 1. The van der Waals surface area contributed by atoms with Crippen molar-refractivity contribution in [1.29, 1.82) is 0 Å². The highest BCUT2D eigenvalue weighted by Gasteiger charge is 2.37. The van der Waals surface area contributed by atoms with Crippen LogP contribution in [0.15, 0.2) is 23.3 Å². The van der Waals surface area contributed by atoms with Crippen molar-refractivity contribution >= 4 is 0 Å². The second kappa shape index (κ2) is 3.79. The Morgan fingerprint density at radius 1 is 1.27 bits per heavy atom. The number of hydrogen-bond acceptors (Lipinski definition) is 1. The van der Waals surface area contributed by atoms with Gasteiger partial charge in [0.1, 0.15) is 0 Å². The van der Waals surface area contributed by atoms with Crippen molar-refractivity contribution in [3.8, 4) is 0 Å². The van der Waals surface area contributed by atoms with Gasteiger partial charge in [-0.2, -0.15) is 0 Å². The summed E-state index contributed by atoms with van der Waals surface area (Å²) in [5.74, 6) is 0.685. The van der Waals surface area contributed by atoms with Crippen LogP contribution in [0.1, 0.15) is 46.5 Å². The molecule has 0 bridgehead atoms. The monoisotopic (exact) mass is 206 g/mol. The smallest absolute Gasteiger partial charge is 0.0577 e. The molecule has 0 heterocycles. The largest absolute Gasteiger partial charge is 0.393 e. The molecule has 2 atom stereocenters. The summed E-state index contributed by atoms with van der Waals surface area (Å²) in [5, 5.41) is 9.49. The van der Waals surface area contributed by atoms with Crippen LogP contribution < -0.4 is 0 Å². The van der Waals surface area contributed by atoms with Gasteiger partial charge in [0, 0.05) is 0 Å². The first-order valence-corrected chi connectivity index (χ1v) is 6.06. The Morgan fingerprint density at radius 2 is 2.00 bits per heavy atom. The topological polar surface area (TPSA) is 20.2 Å². The third-order valence-corrected chi connectivity index (χ3v) is 4.41. The standard InChI is InChI=1S/C14H22O/c1-10-4-9-13(14(10,2)3)11-5-7-12(15)8-6-11/h4-5,12-13,15H,6-9H2,1-3H3. The Bertz CT molecular complexity index is 309. The van der Waals surface area contributed by atoms with Gasteiger partial charge in [0.05, 0.1) is 6.10 Å². The Labute approximate surface area is 92.9 Å². The maximum absolute atomic E-state index is 9.49. The van der Waals surface area contributed by atoms with Crippen LogP contribution in [0.3, 0.4) is 0 Å². The number of allylic oxidation sites excluding steroid dienone is 3. The van der Waals surface area contributed by atoms with Gasteiger partial charge in [-0.1, -0.05) is 37.1 Å². The fourth-order valence-corrected chi connectivity index (χ4v) is 2.90. The van der Waals surface area contributed by atoms with Crippen LogP contribution >= 0.6 is 0 Å². The average molecular weight is 206 g/mol. The van der Waals surface area contributed by atoms with Gasteiger partial charge in [0.2, 0.25) is 0 Å².